The lowest BCUT2D eigenvalue weighted by molar-refractivity contribution is 0.504. The van der Waals surface area contributed by atoms with Crippen LogP contribution in [0.1, 0.15) is 23.9 Å². The Hall–Kier alpha value is -1.13. The molecular weight excluding hydrogens is 314 g/mol. The fourth-order valence-electron chi connectivity index (χ4n) is 2.52. The highest BCUT2D eigenvalue weighted by Crippen LogP contribution is 2.14. The van der Waals surface area contributed by atoms with Crippen LogP contribution in [0.2, 0.25) is 0 Å². The number of rotatable bonds is 6. The standard InChI is InChI=1S/C16H22BrN3/c1-4-18-15(10-13-5-7-14(17)8-6-13)11-16-9-12(2)19-20(16)3/h5-9,15,18H,4,10-11H2,1-3H3. The van der Waals surface area contributed by atoms with E-state index in [-0.39, 0.29) is 0 Å². The van der Waals surface area contributed by atoms with Crippen LogP contribution < -0.4 is 5.32 Å². The molecule has 0 aliphatic heterocycles. The van der Waals surface area contributed by atoms with E-state index in [4.69, 9.17) is 0 Å². The third-order valence-corrected chi connectivity index (χ3v) is 3.97. The summed E-state index contributed by atoms with van der Waals surface area (Å²) in [6, 6.07) is 11.2. The molecule has 0 saturated heterocycles. The second-order valence-electron chi connectivity index (χ2n) is 5.19. The minimum atomic E-state index is 0.441. The van der Waals surface area contributed by atoms with Gasteiger partial charge in [-0.2, -0.15) is 5.10 Å². The van der Waals surface area contributed by atoms with E-state index in [1.807, 2.05) is 18.7 Å². The molecular formula is C16H22BrN3. The lowest BCUT2D eigenvalue weighted by Crippen LogP contribution is -2.33. The molecule has 0 fully saturated rings. The molecule has 1 unspecified atom stereocenters. The van der Waals surface area contributed by atoms with Gasteiger partial charge in [0.05, 0.1) is 5.69 Å². The van der Waals surface area contributed by atoms with E-state index in [0.717, 1.165) is 29.6 Å². The largest absolute Gasteiger partial charge is 0.314 e. The summed E-state index contributed by atoms with van der Waals surface area (Å²) in [5.74, 6) is 0. The third-order valence-electron chi connectivity index (χ3n) is 3.44. The average Bonchev–Trinajstić information content (AvgIpc) is 2.71. The van der Waals surface area contributed by atoms with Gasteiger partial charge >= 0.3 is 0 Å². The highest BCUT2D eigenvalue weighted by molar-refractivity contribution is 9.10. The first-order chi connectivity index (χ1) is 9.58. The maximum absolute atomic E-state index is 4.43. The van der Waals surface area contributed by atoms with Crippen LogP contribution in [0.25, 0.3) is 0 Å². The van der Waals surface area contributed by atoms with E-state index in [1.165, 1.54) is 11.3 Å². The van der Waals surface area contributed by atoms with Gasteiger partial charge in [-0.15, -0.1) is 0 Å². The Labute approximate surface area is 129 Å². The number of nitrogens with one attached hydrogen (secondary N) is 1. The van der Waals surface area contributed by atoms with E-state index >= 15 is 0 Å². The molecule has 1 N–H and O–H groups in total. The molecule has 2 rings (SSSR count). The van der Waals surface area contributed by atoms with Crippen molar-refractivity contribution < 1.29 is 0 Å². The first-order valence-corrected chi connectivity index (χ1v) is 7.85. The van der Waals surface area contributed by atoms with Crippen molar-refractivity contribution in [2.75, 3.05) is 6.54 Å². The number of halogens is 1. The first-order valence-electron chi connectivity index (χ1n) is 7.06. The van der Waals surface area contributed by atoms with Gasteiger partial charge in [0.1, 0.15) is 0 Å². The molecule has 0 radical (unpaired) electrons. The summed E-state index contributed by atoms with van der Waals surface area (Å²) < 4.78 is 3.12. The van der Waals surface area contributed by atoms with Crippen LogP contribution in [0.4, 0.5) is 0 Å². The first kappa shape index (κ1) is 15.3. The van der Waals surface area contributed by atoms with Crippen molar-refractivity contribution in [2.45, 2.75) is 32.7 Å². The Bertz CT molecular complexity index is 545. The van der Waals surface area contributed by atoms with E-state index in [2.05, 4.69) is 63.6 Å². The van der Waals surface area contributed by atoms with Crippen LogP contribution in [0.15, 0.2) is 34.8 Å². The molecule has 1 aromatic heterocycles. The van der Waals surface area contributed by atoms with Gasteiger partial charge in [0.25, 0.3) is 0 Å². The summed E-state index contributed by atoms with van der Waals surface area (Å²) >= 11 is 3.48. The van der Waals surface area contributed by atoms with Crippen LogP contribution >= 0.6 is 15.9 Å². The zero-order valence-electron chi connectivity index (χ0n) is 12.4. The number of nitrogens with zero attached hydrogens (tertiary/aromatic N) is 2. The van der Waals surface area contributed by atoms with Gasteiger partial charge < -0.3 is 5.32 Å². The smallest absolute Gasteiger partial charge is 0.0596 e. The highest BCUT2D eigenvalue weighted by Gasteiger charge is 2.12. The fraction of sp³-hybridized carbons (Fsp3) is 0.438. The van der Waals surface area contributed by atoms with Crippen molar-refractivity contribution in [3.05, 3.63) is 51.8 Å². The monoisotopic (exact) mass is 335 g/mol. The topological polar surface area (TPSA) is 29.9 Å². The molecule has 0 bridgehead atoms. The molecule has 3 nitrogen and oxygen atoms in total. The zero-order valence-corrected chi connectivity index (χ0v) is 13.9. The van der Waals surface area contributed by atoms with Crippen molar-refractivity contribution in [2.24, 2.45) is 7.05 Å². The molecule has 20 heavy (non-hydrogen) atoms. The molecule has 1 heterocycles. The molecule has 108 valence electrons. The normalized spacial score (nSPS) is 12.6. The second-order valence-corrected chi connectivity index (χ2v) is 6.11. The average molecular weight is 336 g/mol. The van der Waals surface area contributed by atoms with E-state index in [0.29, 0.717) is 6.04 Å². The number of aromatic nitrogens is 2. The summed E-state index contributed by atoms with van der Waals surface area (Å²) in [5, 5.41) is 8.00. The van der Waals surface area contributed by atoms with Gasteiger partial charge in [0.2, 0.25) is 0 Å². The predicted octanol–water partition coefficient (Wildman–Crippen LogP) is 3.25. The number of hydrogen-bond acceptors (Lipinski definition) is 2. The molecule has 1 atom stereocenters. The molecule has 4 heteroatoms. The predicted molar refractivity (Wildman–Crippen MR) is 87.0 cm³/mol. The Morgan fingerprint density at radius 3 is 2.50 bits per heavy atom. The Morgan fingerprint density at radius 2 is 1.95 bits per heavy atom. The van der Waals surface area contributed by atoms with Crippen molar-refractivity contribution >= 4 is 15.9 Å². The lowest BCUT2D eigenvalue weighted by atomic mass is 10.0. The molecule has 0 aliphatic carbocycles. The summed E-state index contributed by atoms with van der Waals surface area (Å²) in [4.78, 5) is 0. The number of hydrogen-bond donors (Lipinski definition) is 1. The van der Waals surface area contributed by atoms with Crippen LogP contribution in [0.3, 0.4) is 0 Å². The van der Waals surface area contributed by atoms with E-state index in [9.17, 15) is 0 Å². The second kappa shape index (κ2) is 7.04. The molecule has 0 saturated carbocycles. The minimum absolute atomic E-state index is 0.441. The van der Waals surface area contributed by atoms with Crippen molar-refractivity contribution in [3.63, 3.8) is 0 Å². The van der Waals surface area contributed by atoms with Gasteiger partial charge in [0, 0.05) is 29.7 Å². The maximum Gasteiger partial charge on any atom is 0.0596 e. The molecule has 1 aromatic carbocycles. The summed E-state index contributed by atoms with van der Waals surface area (Å²) in [6.45, 7) is 5.18. The summed E-state index contributed by atoms with van der Waals surface area (Å²) in [5.41, 5.74) is 3.73. The van der Waals surface area contributed by atoms with Gasteiger partial charge in [-0.3, -0.25) is 4.68 Å². The number of benzene rings is 1. The highest BCUT2D eigenvalue weighted by atomic mass is 79.9. The summed E-state index contributed by atoms with van der Waals surface area (Å²) in [6.07, 6.45) is 2.03. The van der Waals surface area contributed by atoms with Crippen LogP contribution in [-0.2, 0) is 19.9 Å². The molecule has 0 amide bonds. The van der Waals surface area contributed by atoms with Gasteiger partial charge in [-0.25, -0.2) is 0 Å². The number of aryl methyl sites for hydroxylation is 2. The van der Waals surface area contributed by atoms with Crippen molar-refractivity contribution in [3.8, 4) is 0 Å². The quantitative estimate of drug-likeness (QED) is 0.878. The van der Waals surface area contributed by atoms with E-state index in [1.54, 1.807) is 0 Å². The molecule has 2 aromatic rings. The molecule has 0 aliphatic rings. The summed E-state index contributed by atoms with van der Waals surface area (Å²) in [7, 11) is 2.02. The van der Waals surface area contributed by atoms with Crippen LogP contribution in [0.5, 0.6) is 0 Å². The van der Waals surface area contributed by atoms with E-state index < -0.39 is 0 Å². The maximum atomic E-state index is 4.43. The Morgan fingerprint density at radius 1 is 1.25 bits per heavy atom. The zero-order chi connectivity index (χ0) is 14.5. The Kier molecular flexibility index (Phi) is 5.38. The number of likely N-dealkylation sites (N-methyl/N-ethyl adjacent to an activating group) is 1. The van der Waals surface area contributed by atoms with Crippen LogP contribution in [0, 0.1) is 6.92 Å². The van der Waals surface area contributed by atoms with Crippen molar-refractivity contribution in [1.29, 1.82) is 0 Å². The van der Waals surface area contributed by atoms with Gasteiger partial charge in [-0.05, 0) is 43.7 Å². The minimum Gasteiger partial charge on any atom is -0.314 e. The fourth-order valence-corrected chi connectivity index (χ4v) is 2.78. The lowest BCUT2D eigenvalue weighted by Gasteiger charge is -2.18. The third kappa shape index (κ3) is 4.18. The molecule has 0 spiro atoms. The van der Waals surface area contributed by atoms with Crippen molar-refractivity contribution in [1.82, 2.24) is 15.1 Å². The van der Waals surface area contributed by atoms with Crippen LogP contribution in [-0.4, -0.2) is 22.4 Å². The van der Waals surface area contributed by atoms with Gasteiger partial charge in [-0.1, -0.05) is 35.0 Å². The SMILES string of the molecule is CCNC(Cc1ccc(Br)cc1)Cc1cc(C)nn1C. The van der Waals surface area contributed by atoms with Gasteiger partial charge in [0.15, 0.2) is 0 Å². The Balaban J connectivity index is 2.06.